The molecule has 0 aliphatic heterocycles. The molecule has 106 valence electrons. The van der Waals surface area contributed by atoms with Crippen molar-refractivity contribution >= 4 is 17.7 Å². The third kappa shape index (κ3) is 4.42. The molecule has 1 aromatic carbocycles. The van der Waals surface area contributed by atoms with Crippen molar-refractivity contribution < 1.29 is 9.32 Å². The van der Waals surface area contributed by atoms with Gasteiger partial charge in [0.15, 0.2) is 5.69 Å². The summed E-state index contributed by atoms with van der Waals surface area (Å²) in [5, 5.41) is 6.50. The molecule has 1 aromatic heterocycles. The number of carbonyl (C=O) groups is 1. The monoisotopic (exact) mass is 290 g/mol. The van der Waals surface area contributed by atoms with Crippen LogP contribution in [-0.2, 0) is 5.75 Å². The van der Waals surface area contributed by atoms with Gasteiger partial charge in [-0.25, -0.2) is 0 Å². The van der Waals surface area contributed by atoms with Crippen LogP contribution in [0.15, 0.2) is 34.9 Å². The van der Waals surface area contributed by atoms with Crippen LogP contribution < -0.4 is 5.32 Å². The Balaban J connectivity index is 1.64. The van der Waals surface area contributed by atoms with Crippen LogP contribution in [0.4, 0.5) is 0 Å². The predicted molar refractivity (Wildman–Crippen MR) is 80.9 cm³/mol. The van der Waals surface area contributed by atoms with Gasteiger partial charge >= 0.3 is 0 Å². The van der Waals surface area contributed by atoms with Crippen molar-refractivity contribution in [3.63, 3.8) is 0 Å². The first kappa shape index (κ1) is 14.7. The van der Waals surface area contributed by atoms with Crippen molar-refractivity contribution in [2.24, 2.45) is 0 Å². The van der Waals surface area contributed by atoms with Gasteiger partial charge in [0.1, 0.15) is 5.76 Å². The molecule has 2 aromatic rings. The maximum absolute atomic E-state index is 11.7. The van der Waals surface area contributed by atoms with E-state index in [1.54, 1.807) is 24.8 Å². The van der Waals surface area contributed by atoms with E-state index in [4.69, 9.17) is 4.52 Å². The molecule has 0 aliphatic rings. The Labute approximate surface area is 122 Å². The molecule has 1 heterocycles. The van der Waals surface area contributed by atoms with Crippen LogP contribution in [0.25, 0.3) is 0 Å². The summed E-state index contributed by atoms with van der Waals surface area (Å²) in [4.78, 5) is 11.7. The molecule has 0 saturated heterocycles. The number of benzene rings is 1. The van der Waals surface area contributed by atoms with Gasteiger partial charge in [-0.2, -0.15) is 11.8 Å². The van der Waals surface area contributed by atoms with Crippen LogP contribution in [0.5, 0.6) is 0 Å². The van der Waals surface area contributed by atoms with E-state index >= 15 is 0 Å². The second-order valence-electron chi connectivity index (χ2n) is 4.62. The molecule has 4 nitrogen and oxygen atoms in total. The Morgan fingerprint density at radius 3 is 2.70 bits per heavy atom. The summed E-state index contributed by atoms with van der Waals surface area (Å²) < 4.78 is 4.86. The second-order valence-corrected chi connectivity index (χ2v) is 5.72. The van der Waals surface area contributed by atoms with E-state index in [0.29, 0.717) is 18.0 Å². The van der Waals surface area contributed by atoms with Gasteiger partial charge in [0.05, 0.1) is 0 Å². The summed E-state index contributed by atoms with van der Waals surface area (Å²) in [6, 6.07) is 10.1. The Bertz CT molecular complexity index is 564. The van der Waals surface area contributed by atoms with Gasteiger partial charge in [0.25, 0.3) is 5.91 Å². The van der Waals surface area contributed by atoms with Crippen LogP contribution in [0, 0.1) is 13.8 Å². The van der Waals surface area contributed by atoms with E-state index < -0.39 is 0 Å². The van der Waals surface area contributed by atoms with Crippen LogP contribution in [-0.4, -0.2) is 23.4 Å². The molecule has 1 amide bonds. The first-order valence-corrected chi connectivity index (χ1v) is 7.65. The Morgan fingerprint density at radius 2 is 2.05 bits per heavy atom. The number of rotatable bonds is 6. The lowest BCUT2D eigenvalue weighted by Crippen LogP contribution is -2.26. The lowest BCUT2D eigenvalue weighted by molar-refractivity contribution is 0.0947. The number of nitrogens with zero attached hydrogens (tertiary/aromatic N) is 1. The number of hydrogen-bond donors (Lipinski definition) is 1. The minimum absolute atomic E-state index is 0.183. The van der Waals surface area contributed by atoms with Crippen molar-refractivity contribution in [2.45, 2.75) is 19.6 Å². The van der Waals surface area contributed by atoms with Gasteiger partial charge in [0.2, 0.25) is 0 Å². The van der Waals surface area contributed by atoms with Crippen LogP contribution >= 0.6 is 11.8 Å². The standard InChI is InChI=1S/C15H18N2O2S/c1-11-3-5-13(6-4-11)10-20-8-7-16-15(18)14-9-12(2)19-17-14/h3-6,9H,7-8,10H2,1-2H3,(H,16,18). The molecule has 20 heavy (non-hydrogen) atoms. The minimum Gasteiger partial charge on any atom is -0.361 e. The van der Waals surface area contributed by atoms with Crippen molar-refractivity contribution in [2.75, 3.05) is 12.3 Å². The third-order valence-corrected chi connectivity index (χ3v) is 3.81. The zero-order chi connectivity index (χ0) is 14.4. The highest BCUT2D eigenvalue weighted by atomic mass is 32.2. The molecule has 0 aliphatic carbocycles. The van der Waals surface area contributed by atoms with E-state index in [9.17, 15) is 4.79 Å². The topological polar surface area (TPSA) is 55.1 Å². The van der Waals surface area contributed by atoms with Gasteiger partial charge < -0.3 is 9.84 Å². The number of nitrogens with one attached hydrogen (secondary N) is 1. The van der Waals surface area contributed by atoms with E-state index in [1.165, 1.54) is 11.1 Å². The first-order chi connectivity index (χ1) is 9.65. The number of aromatic nitrogens is 1. The van der Waals surface area contributed by atoms with Crippen LogP contribution in [0.1, 0.15) is 27.4 Å². The van der Waals surface area contributed by atoms with E-state index in [1.807, 2.05) is 0 Å². The summed E-state index contributed by atoms with van der Waals surface area (Å²) in [6.45, 7) is 4.47. The van der Waals surface area contributed by atoms with Crippen molar-refractivity contribution in [3.8, 4) is 0 Å². The summed E-state index contributed by atoms with van der Waals surface area (Å²) in [6.07, 6.45) is 0. The molecule has 0 atom stereocenters. The number of carbonyl (C=O) groups excluding carboxylic acids is 1. The molecule has 5 heteroatoms. The number of aryl methyl sites for hydroxylation is 2. The van der Waals surface area contributed by atoms with Gasteiger partial charge in [-0.15, -0.1) is 0 Å². The summed E-state index contributed by atoms with van der Waals surface area (Å²) in [5.74, 6) is 2.29. The van der Waals surface area contributed by atoms with E-state index in [2.05, 4.69) is 41.7 Å². The molecule has 0 saturated carbocycles. The first-order valence-electron chi connectivity index (χ1n) is 6.50. The maximum Gasteiger partial charge on any atom is 0.273 e. The predicted octanol–water partition coefficient (Wildman–Crippen LogP) is 2.95. The Morgan fingerprint density at radius 1 is 1.30 bits per heavy atom. The van der Waals surface area contributed by atoms with Crippen molar-refractivity contribution in [3.05, 3.63) is 52.9 Å². The van der Waals surface area contributed by atoms with Gasteiger partial charge in [0, 0.05) is 24.1 Å². The molecule has 1 N–H and O–H groups in total. The number of amides is 1. The Kier molecular flexibility index (Phi) is 5.24. The SMILES string of the molecule is Cc1ccc(CSCCNC(=O)c2cc(C)on2)cc1. The average Bonchev–Trinajstić information content (AvgIpc) is 2.87. The van der Waals surface area contributed by atoms with Crippen molar-refractivity contribution in [1.82, 2.24) is 10.5 Å². The highest BCUT2D eigenvalue weighted by Crippen LogP contribution is 2.12. The molecule has 0 spiro atoms. The molecule has 0 unspecified atom stereocenters. The fourth-order valence-electron chi connectivity index (χ4n) is 1.68. The highest BCUT2D eigenvalue weighted by molar-refractivity contribution is 7.98. The quantitative estimate of drug-likeness (QED) is 0.831. The highest BCUT2D eigenvalue weighted by Gasteiger charge is 2.09. The maximum atomic E-state index is 11.7. The van der Waals surface area contributed by atoms with Crippen molar-refractivity contribution in [1.29, 1.82) is 0 Å². The van der Waals surface area contributed by atoms with E-state index in [-0.39, 0.29) is 5.91 Å². The van der Waals surface area contributed by atoms with E-state index in [0.717, 1.165) is 11.5 Å². The third-order valence-electron chi connectivity index (χ3n) is 2.78. The zero-order valence-electron chi connectivity index (χ0n) is 11.7. The van der Waals surface area contributed by atoms with Crippen LogP contribution in [0.2, 0.25) is 0 Å². The molecule has 0 radical (unpaired) electrons. The lowest BCUT2D eigenvalue weighted by atomic mass is 10.2. The Hall–Kier alpha value is -1.75. The molecular weight excluding hydrogens is 272 g/mol. The number of thioether (sulfide) groups is 1. The normalized spacial score (nSPS) is 10.5. The molecule has 0 bridgehead atoms. The lowest BCUT2D eigenvalue weighted by Gasteiger charge is -2.04. The minimum atomic E-state index is -0.183. The fourth-order valence-corrected chi connectivity index (χ4v) is 2.49. The summed E-state index contributed by atoms with van der Waals surface area (Å²) in [5.41, 5.74) is 2.92. The van der Waals surface area contributed by atoms with Gasteiger partial charge in [-0.05, 0) is 19.4 Å². The fraction of sp³-hybridized carbons (Fsp3) is 0.333. The largest absolute Gasteiger partial charge is 0.361 e. The number of hydrogen-bond acceptors (Lipinski definition) is 4. The van der Waals surface area contributed by atoms with Gasteiger partial charge in [-0.1, -0.05) is 35.0 Å². The summed E-state index contributed by atoms with van der Waals surface area (Å²) >= 11 is 1.80. The molecule has 2 rings (SSSR count). The second kappa shape index (κ2) is 7.14. The molecular formula is C15H18N2O2S. The average molecular weight is 290 g/mol. The molecule has 0 fully saturated rings. The zero-order valence-corrected chi connectivity index (χ0v) is 12.5. The van der Waals surface area contributed by atoms with Gasteiger partial charge in [-0.3, -0.25) is 4.79 Å². The van der Waals surface area contributed by atoms with Crippen LogP contribution in [0.3, 0.4) is 0 Å². The smallest absolute Gasteiger partial charge is 0.273 e. The summed E-state index contributed by atoms with van der Waals surface area (Å²) in [7, 11) is 0.